The Kier molecular flexibility index (Phi) is 3.78. The van der Waals surface area contributed by atoms with Gasteiger partial charge < -0.3 is 14.8 Å². The maximum atomic E-state index is 11.0. The molecule has 2 N–H and O–H groups in total. The van der Waals surface area contributed by atoms with Crippen LogP contribution >= 0.6 is 0 Å². The lowest BCUT2D eigenvalue weighted by Crippen LogP contribution is -2.18. The van der Waals surface area contributed by atoms with Gasteiger partial charge in [0.05, 0.1) is 0 Å². The third kappa shape index (κ3) is 3.14. The van der Waals surface area contributed by atoms with E-state index in [-0.39, 0.29) is 5.91 Å². The number of benzene rings is 2. The summed E-state index contributed by atoms with van der Waals surface area (Å²) in [6.45, 7) is 2.00. The summed E-state index contributed by atoms with van der Waals surface area (Å²) in [6.07, 6.45) is 1.90. The van der Waals surface area contributed by atoms with E-state index < -0.39 is 0 Å². The molecule has 0 unspecified atom stereocenters. The molecule has 0 aliphatic rings. The van der Waals surface area contributed by atoms with E-state index in [2.05, 4.69) is 20.4 Å². The molecular weight excluding hydrogens is 316 g/mol. The number of rotatable bonds is 4. The molecule has 6 heteroatoms. The second-order valence-corrected chi connectivity index (χ2v) is 5.81. The SMILES string of the molecule is CC(=O)NCc1ccc(-c2nc(-c3ccc4cc[nH]c4c3)no2)cc1. The van der Waals surface area contributed by atoms with E-state index >= 15 is 0 Å². The van der Waals surface area contributed by atoms with E-state index in [1.807, 2.05) is 54.7 Å². The minimum Gasteiger partial charge on any atom is -0.361 e. The highest BCUT2D eigenvalue weighted by molar-refractivity contribution is 5.83. The van der Waals surface area contributed by atoms with Gasteiger partial charge in [0, 0.05) is 36.3 Å². The topological polar surface area (TPSA) is 83.8 Å². The van der Waals surface area contributed by atoms with Crippen molar-refractivity contribution in [1.82, 2.24) is 20.4 Å². The Morgan fingerprint density at radius 2 is 1.92 bits per heavy atom. The molecule has 0 aliphatic heterocycles. The lowest BCUT2D eigenvalue weighted by molar-refractivity contribution is -0.119. The third-order valence-electron chi connectivity index (χ3n) is 3.98. The fourth-order valence-corrected chi connectivity index (χ4v) is 2.64. The highest BCUT2D eigenvalue weighted by atomic mass is 16.5. The number of carbonyl (C=O) groups is 1. The van der Waals surface area contributed by atoms with E-state index in [1.165, 1.54) is 6.92 Å². The highest BCUT2D eigenvalue weighted by Gasteiger charge is 2.11. The molecule has 0 spiro atoms. The Balaban J connectivity index is 1.57. The van der Waals surface area contributed by atoms with E-state index in [9.17, 15) is 4.79 Å². The first-order chi connectivity index (χ1) is 12.2. The standard InChI is InChI=1S/C19H16N4O2/c1-12(24)21-11-13-2-4-15(5-3-13)19-22-18(23-25-19)16-7-6-14-8-9-20-17(14)10-16/h2-10,20H,11H2,1H3,(H,21,24). The van der Waals surface area contributed by atoms with Crippen LogP contribution in [0.2, 0.25) is 0 Å². The molecule has 0 aliphatic carbocycles. The van der Waals surface area contributed by atoms with Crippen LogP contribution in [0.15, 0.2) is 59.3 Å². The van der Waals surface area contributed by atoms with Crippen LogP contribution in [0.3, 0.4) is 0 Å². The predicted molar refractivity (Wildman–Crippen MR) is 94.5 cm³/mol. The summed E-state index contributed by atoms with van der Waals surface area (Å²) in [5, 5.41) is 7.99. The van der Waals surface area contributed by atoms with Gasteiger partial charge in [0.2, 0.25) is 11.7 Å². The van der Waals surface area contributed by atoms with Gasteiger partial charge in [-0.15, -0.1) is 0 Å². The van der Waals surface area contributed by atoms with Crippen molar-refractivity contribution in [2.24, 2.45) is 0 Å². The highest BCUT2D eigenvalue weighted by Crippen LogP contribution is 2.25. The molecule has 0 fully saturated rings. The summed E-state index contributed by atoms with van der Waals surface area (Å²) in [4.78, 5) is 18.6. The number of aromatic nitrogens is 3. The molecule has 0 atom stereocenters. The van der Waals surface area contributed by atoms with Gasteiger partial charge in [0.15, 0.2) is 0 Å². The van der Waals surface area contributed by atoms with Crippen LogP contribution in [0.5, 0.6) is 0 Å². The molecule has 124 valence electrons. The predicted octanol–water partition coefficient (Wildman–Crippen LogP) is 3.52. The minimum absolute atomic E-state index is 0.0512. The number of carbonyl (C=O) groups excluding carboxylic acids is 1. The maximum absolute atomic E-state index is 11.0. The molecule has 6 nitrogen and oxygen atoms in total. The van der Waals surface area contributed by atoms with Gasteiger partial charge in [0.1, 0.15) is 0 Å². The van der Waals surface area contributed by atoms with Crippen LogP contribution in [-0.4, -0.2) is 21.0 Å². The van der Waals surface area contributed by atoms with Crippen molar-refractivity contribution in [1.29, 1.82) is 0 Å². The molecule has 1 amide bonds. The van der Waals surface area contributed by atoms with E-state index in [0.29, 0.717) is 18.3 Å². The molecule has 0 radical (unpaired) electrons. The second-order valence-electron chi connectivity index (χ2n) is 5.81. The number of amides is 1. The summed E-state index contributed by atoms with van der Waals surface area (Å²) in [5.41, 5.74) is 3.78. The number of aromatic amines is 1. The molecule has 0 saturated carbocycles. The van der Waals surface area contributed by atoms with Crippen LogP contribution in [0.25, 0.3) is 33.7 Å². The summed E-state index contributed by atoms with van der Waals surface area (Å²) < 4.78 is 5.40. The Hall–Kier alpha value is -3.41. The van der Waals surface area contributed by atoms with Gasteiger partial charge in [-0.2, -0.15) is 4.98 Å². The van der Waals surface area contributed by atoms with Gasteiger partial charge in [-0.05, 0) is 35.2 Å². The molecule has 2 aromatic heterocycles. The average molecular weight is 332 g/mol. The number of nitrogens with one attached hydrogen (secondary N) is 2. The van der Waals surface area contributed by atoms with Crippen molar-refractivity contribution in [3.8, 4) is 22.8 Å². The Morgan fingerprint density at radius 1 is 1.12 bits per heavy atom. The van der Waals surface area contributed by atoms with Crippen LogP contribution in [0, 0.1) is 0 Å². The fraction of sp³-hybridized carbons (Fsp3) is 0.105. The summed E-state index contributed by atoms with van der Waals surface area (Å²) >= 11 is 0. The minimum atomic E-state index is -0.0512. The number of hydrogen-bond donors (Lipinski definition) is 2. The molecule has 0 bridgehead atoms. The van der Waals surface area contributed by atoms with Gasteiger partial charge in [0.25, 0.3) is 5.89 Å². The largest absolute Gasteiger partial charge is 0.361 e. The van der Waals surface area contributed by atoms with Crippen LogP contribution in [0.4, 0.5) is 0 Å². The first-order valence-electron chi connectivity index (χ1n) is 7.94. The maximum Gasteiger partial charge on any atom is 0.258 e. The Morgan fingerprint density at radius 3 is 2.72 bits per heavy atom. The van der Waals surface area contributed by atoms with E-state index in [1.54, 1.807) is 0 Å². The second kappa shape index (κ2) is 6.24. The zero-order chi connectivity index (χ0) is 17.2. The molecule has 2 heterocycles. The molecule has 0 saturated heterocycles. The van der Waals surface area contributed by atoms with Crippen molar-refractivity contribution >= 4 is 16.8 Å². The van der Waals surface area contributed by atoms with Crippen molar-refractivity contribution in [3.63, 3.8) is 0 Å². The van der Waals surface area contributed by atoms with Crippen molar-refractivity contribution in [2.45, 2.75) is 13.5 Å². The summed E-state index contributed by atoms with van der Waals surface area (Å²) in [6, 6.07) is 15.7. The molecule has 2 aromatic carbocycles. The number of fused-ring (bicyclic) bond motifs is 1. The molecule has 25 heavy (non-hydrogen) atoms. The molecular formula is C19H16N4O2. The number of H-pyrrole nitrogens is 1. The first kappa shape index (κ1) is 15.1. The monoisotopic (exact) mass is 332 g/mol. The van der Waals surface area contributed by atoms with Gasteiger partial charge in [-0.3, -0.25) is 4.79 Å². The van der Waals surface area contributed by atoms with Crippen LogP contribution in [0.1, 0.15) is 12.5 Å². The first-order valence-corrected chi connectivity index (χ1v) is 7.94. The lowest BCUT2D eigenvalue weighted by Gasteiger charge is -2.02. The molecule has 4 rings (SSSR count). The normalized spacial score (nSPS) is 10.9. The Bertz CT molecular complexity index is 1030. The fourth-order valence-electron chi connectivity index (χ4n) is 2.64. The Labute approximate surface area is 143 Å². The zero-order valence-electron chi connectivity index (χ0n) is 13.6. The third-order valence-corrected chi connectivity index (χ3v) is 3.98. The quantitative estimate of drug-likeness (QED) is 0.599. The van der Waals surface area contributed by atoms with Crippen molar-refractivity contribution in [2.75, 3.05) is 0 Å². The zero-order valence-corrected chi connectivity index (χ0v) is 13.6. The van der Waals surface area contributed by atoms with Gasteiger partial charge >= 0.3 is 0 Å². The number of hydrogen-bond acceptors (Lipinski definition) is 4. The van der Waals surface area contributed by atoms with Gasteiger partial charge in [-0.25, -0.2) is 0 Å². The van der Waals surface area contributed by atoms with Crippen molar-refractivity contribution in [3.05, 3.63) is 60.3 Å². The van der Waals surface area contributed by atoms with Crippen LogP contribution in [-0.2, 0) is 11.3 Å². The summed E-state index contributed by atoms with van der Waals surface area (Å²) in [7, 11) is 0. The summed E-state index contributed by atoms with van der Waals surface area (Å²) in [5.74, 6) is 0.964. The van der Waals surface area contributed by atoms with Gasteiger partial charge in [-0.1, -0.05) is 29.4 Å². The van der Waals surface area contributed by atoms with E-state index in [4.69, 9.17) is 4.52 Å². The molecule has 4 aromatic rings. The lowest BCUT2D eigenvalue weighted by atomic mass is 10.1. The average Bonchev–Trinajstić information content (AvgIpc) is 3.29. The number of nitrogens with zero attached hydrogens (tertiary/aromatic N) is 2. The van der Waals surface area contributed by atoms with E-state index in [0.717, 1.165) is 27.6 Å². The smallest absolute Gasteiger partial charge is 0.258 e. The van der Waals surface area contributed by atoms with Crippen molar-refractivity contribution < 1.29 is 9.32 Å². The van der Waals surface area contributed by atoms with Crippen LogP contribution < -0.4 is 5.32 Å².